The lowest BCUT2D eigenvalue weighted by Crippen LogP contribution is -2.16. The summed E-state index contributed by atoms with van der Waals surface area (Å²) in [6.07, 6.45) is 0. The zero-order valence-electron chi connectivity index (χ0n) is 9.93. The van der Waals surface area contributed by atoms with Gasteiger partial charge in [0.15, 0.2) is 15.2 Å². The quantitative estimate of drug-likeness (QED) is 0.897. The summed E-state index contributed by atoms with van der Waals surface area (Å²) in [6, 6.07) is 7.84. The Morgan fingerprint density at radius 1 is 1.53 bits per heavy atom. The minimum absolute atomic E-state index is 0.0338. The van der Waals surface area contributed by atoms with E-state index in [1.54, 1.807) is 0 Å². The van der Waals surface area contributed by atoms with Crippen molar-refractivity contribution in [1.29, 1.82) is 0 Å². The summed E-state index contributed by atoms with van der Waals surface area (Å²) in [5.74, 6) is -1.05. The lowest BCUT2D eigenvalue weighted by atomic mass is 10.2. The molecule has 0 saturated carbocycles. The molecule has 0 radical (unpaired) electrons. The maximum absolute atomic E-state index is 10.9. The van der Waals surface area contributed by atoms with Crippen molar-refractivity contribution in [2.24, 2.45) is 0 Å². The van der Waals surface area contributed by atoms with Crippen LogP contribution in [0.15, 0.2) is 28.7 Å². The first kappa shape index (κ1) is 14.3. The highest BCUT2D eigenvalue weighted by molar-refractivity contribution is 9.10. The van der Waals surface area contributed by atoms with Crippen LogP contribution in [0, 0.1) is 0 Å². The third-order valence-electron chi connectivity index (χ3n) is 2.46. The van der Waals surface area contributed by atoms with Crippen molar-refractivity contribution in [1.82, 2.24) is 4.98 Å². The number of nitrogens with zero attached hydrogens (tertiary/aromatic N) is 2. The first-order valence-corrected chi connectivity index (χ1v) is 7.32. The molecule has 7 heteroatoms. The molecule has 0 saturated heterocycles. The van der Waals surface area contributed by atoms with Gasteiger partial charge in [-0.15, -0.1) is 0 Å². The van der Waals surface area contributed by atoms with Crippen LogP contribution in [-0.4, -0.2) is 23.1 Å². The highest BCUT2D eigenvalue weighted by Crippen LogP contribution is 2.30. The number of hydrogen-bond donors (Lipinski definition) is 1. The van der Waals surface area contributed by atoms with Gasteiger partial charge < -0.3 is 10.0 Å². The maximum atomic E-state index is 10.9. The molecule has 0 aliphatic rings. The Balaban J connectivity index is 2.21. The lowest BCUT2D eigenvalue weighted by molar-refractivity contribution is 0.0702. The number of carbonyl (C=O) groups is 1. The number of carboxylic acids is 1. The van der Waals surface area contributed by atoms with Crippen LogP contribution in [0.5, 0.6) is 0 Å². The summed E-state index contributed by atoms with van der Waals surface area (Å²) in [7, 11) is 1.85. The molecule has 0 unspecified atom stereocenters. The van der Waals surface area contributed by atoms with Crippen molar-refractivity contribution in [2.75, 3.05) is 11.9 Å². The fourth-order valence-electron chi connectivity index (χ4n) is 1.54. The second-order valence-electron chi connectivity index (χ2n) is 3.87. The highest BCUT2D eigenvalue weighted by atomic mass is 79.9. The molecule has 0 amide bonds. The fraction of sp³-hybridized carbons (Fsp3) is 0.167. The van der Waals surface area contributed by atoms with Crippen LogP contribution in [-0.2, 0) is 6.54 Å². The molecule has 0 fully saturated rings. The first-order valence-electron chi connectivity index (χ1n) is 5.33. The summed E-state index contributed by atoms with van der Waals surface area (Å²) >= 11 is 10.3. The van der Waals surface area contributed by atoms with E-state index in [0.29, 0.717) is 11.7 Å². The van der Waals surface area contributed by atoms with Gasteiger partial charge in [-0.2, -0.15) is 0 Å². The van der Waals surface area contributed by atoms with Crippen LogP contribution in [0.3, 0.4) is 0 Å². The second kappa shape index (κ2) is 5.90. The number of halogens is 2. The molecule has 0 aliphatic carbocycles. The molecule has 4 nitrogen and oxygen atoms in total. The molecule has 1 N–H and O–H groups in total. The molecule has 19 heavy (non-hydrogen) atoms. The van der Waals surface area contributed by atoms with Crippen molar-refractivity contribution in [3.8, 4) is 0 Å². The predicted molar refractivity (Wildman–Crippen MR) is 80.3 cm³/mol. The monoisotopic (exact) mass is 360 g/mol. The summed E-state index contributed by atoms with van der Waals surface area (Å²) in [5.41, 5.74) is 1.09. The molecule has 100 valence electrons. The van der Waals surface area contributed by atoms with Gasteiger partial charge in [-0.1, -0.05) is 57.1 Å². The van der Waals surface area contributed by atoms with Gasteiger partial charge in [0, 0.05) is 18.1 Å². The molecule has 1 aromatic carbocycles. The van der Waals surface area contributed by atoms with Crippen LogP contribution < -0.4 is 4.90 Å². The topological polar surface area (TPSA) is 53.4 Å². The van der Waals surface area contributed by atoms with E-state index in [4.69, 9.17) is 16.7 Å². The number of carboxylic acid groups (broad SMARTS) is 1. The maximum Gasteiger partial charge on any atom is 0.349 e. The van der Waals surface area contributed by atoms with Crippen LogP contribution >= 0.6 is 38.9 Å². The zero-order valence-corrected chi connectivity index (χ0v) is 13.1. The number of thiazole rings is 1. The van der Waals surface area contributed by atoms with E-state index in [0.717, 1.165) is 21.4 Å². The molecular weight excluding hydrogens is 352 g/mol. The van der Waals surface area contributed by atoms with Crippen molar-refractivity contribution in [3.05, 3.63) is 44.3 Å². The van der Waals surface area contributed by atoms with Crippen LogP contribution in [0.4, 0.5) is 5.13 Å². The van der Waals surface area contributed by atoms with Gasteiger partial charge in [0.05, 0.1) is 0 Å². The van der Waals surface area contributed by atoms with E-state index in [2.05, 4.69) is 20.9 Å². The number of hydrogen-bond acceptors (Lipinski definition) is 4. The number of rotatable bonds is 4. The normalized spacial score (nSPS) is 10.5. The SMILES string of the molecule is CN(Cc1ccccc1Br)c1nc(Cl)c(C(=O)O)s1. The Bertz CT molecular complexity index is 618. The third kappa shape index (κ3) is 3.26. The number of aromatic nitrogens is 1. The highest BCUT2D eigenvalue weighted by Gasteiger charge is 2.18. The molecule has 1 aromatic heterocycles. The lowest BCUT2D eigenvalue weighted by Gasteiger charge is -2.16. The molecule has 0 bridgehead atoms. The Kier molecular flexibility index (Phi) is 4.44. The van der Waals surface area contributed by atoms with E-state index in [1.165, 1.54) is 0 Å². The van der Waals surface area contributed by atoms with Crippen molar-refractivity contribution >= 4 is 50.0 Å². The number of aromatic carboxylic acids is 1. The first-order chi connectivity index (χ1) is 8.99. The number of anilines is 1. The van der Waals surface area contributed by atoms with Gasteiger partial charge in [0.25, 0.3) is 0 Å². The third-order valence-corrected chi connectivity index (χ3v) is 4.78. The summed E-state index contributed by atoms with van der Waals surface area (Å²) in [6.45, 7) is 0.615. The predicted octanol–water partition coefficient (Wildman–Crippen LogP) is 3.89. The Hall–Kier alpha value is -1.11. The largest absolute Gasteiger partial charge is 0.477 e. The molecular formula is C12H10BrClN2O2S. The van der Waals surface area contributed by atoms with Gasteiger partial charge in [-0.3, -0.25) is 0 Å². The van der Waals surface area contributed by atoms with Crippen molar-refractivity contribution in [2.45, 2.75) is 6.54 Å². The zero-order chi connectivity index (χ0) is 14.0. The second-order valence-corrected chi connectivity index (χ2v) is 6.06. The molecule has 1 heterocycles. The van der Waals surface area contributed by atoms with E-state index < -0.39 is 5.97 Å². The van der Waals surface area contributed by atoms with Crippen LogP contribution in [0.25, 0.3) is 0 Å². The van der Waals surface area contributed by atoms with Gasteiger partial charge in [0.1, 0.15) is 0 Å². The summed E-state index contributed by atoms with van der Waals surface area (Å²) < 4.78 is 1.00. The van der Waals surface area contributed by atoms with Crippen molar-refractivity contribution < 1.29 is 9.90 Å². The average Bonchev–Trinajstić information content (AvgIpc) is 2.74. The minimum atomic E-state index is -1.05. The Morgan fingerprint density at radius 2 is 2.21 bits per heavy atom. The summed E-state index contributed by atoms with van der Waals surface area (Å²) in [4.78, 5) is 16.9. The van der Waals surface area contributed by atoms with Crippen molar-refractivity contribution in [3.63, 3.8) is 0 Å². The van der Waals surface area contributed by atoms with Crippen LogP contribution in [0.2, 0.25) is 5.15 Å². The van der Waals surface area contributed by atoms with Crippen LogP contribution in [0.1, 0.15) is 15.2 Å². The van der Waals surface area contributed by atoms with Gasteiger partial charge >= 0.3 is 5.97 Å². The van der Waals surface area contributed by atoms with E-state index in [9.17, 15) is 4.79 Å². The van der Waals surface area contributed by atoms with Gasteiger partial charge in [-0.05, 0) is 11.6 Å². The van der Waals surface area contributed by atoms with E-state index in [1.807, 2.05) is 36.2 Å². The van der Waals surface area contributed by atoms with Gasteiger partial charge in [-0.25, -0.2) is 9.78 Å². The molecule has 2 rings (SSSR count). The molecule has 0 aliphatic heterocycles. The van der Waals surface area contributed by atoms with Gasteiger partial charge in [0.2, 0.25) is 0 Å². The molecule has 0 atom stereocenters. The smallest absolute Gasteiger partial charge is 0.349 e. The van der Waals surface area contributed by atoms with E-state index >= 15 is 0 Å². The Morgan fingerprint density at radius 3 is 2.79 bits per heavy atom. The molecule has 0 spiro atoms. The summed E-state index contributed by atoms with van der Waals surface area (Å²) in [5, 5.41) is 9.57. The fourth-order valence-corrected chi connectivity index (χ4v) is 3.03. The Labute approximate surface area is 127 Å². The van der Waals surface area contributed by atoms with E-state index in [-0.39, 0.29) is 10.0 Å². The molecule has 2 aromatic rings. The number of benzene rings is 1. The standard InChI is InChI=1S/C12H10BrClN2O2S/c1-16(6-7-4-2-3-5-8(7)13)12-15-10(14)9(19-12)11(17)18/h2-5H,6H2,1H3,(H,17,18). The average molecular weight is 362 g/mol. The minimum Gasteiger partial charge on any atom is -0.477 e.